The number of amides is 1. The average molecular weight is 318 g/mol. The molecule has 6 heteroatoms. The van der Waals surface area contributed by atoms with E-state index in [4.69, 9.17) is 5.73 Å². The molecule has 1 amide bonds. The molecule has 0 spiro atoms. The smallest absolute Gasteiger partial charge is 0.262 e. The Hall–Kier alpha value is -2.34. The van der Waals surface area contributed by atoms with Gasteiger partial charge in [0.15, 0.2) is 0 Å². The zero-order valence-electron chi connectivity index (χ0n) is 12.7. The molecule has 0 aliphatic rings. The van der Waals surface area contributed by atoms with Crippen LogP contribution in [0.3, 0.4) is 0 Å². The van der Waals surface area contributed by atoms with E-state index in [1.165, 1.54) is 0 Å². The highest BCUT2D eigenvalue weighted by Gasteiger charge is 2.19. The van der Waals surface area contributed by atoms with Crippen LogP contribution in [-0.4, -0.2) is 14.3 Å². The Kier molecular flexibility index (Phi) is 4.23. The Morgan fingerprint density at radius 1 is 1.09 bits per heavy atom. The number of rotatable bonds is 4. The molecular weight excluding hydrogens is 300 g/mol. The number of hydrogen-bond donors (Lipinski definition) is 2. The molecule has 2 aromatic carbocycles. The summed E-state index contributed by atoms with van der Waals surface area (Å²) in [6.45, 7) is 5.22. The summed E-state index contributed by atoms with van der Waals surface area (Å²) >= 11 is 0. The lowest BCUT2D eigenvalue weighted by Crippen LogP contribution is -2.18. The van der Waals surface area contributed by atoms with Crippen molar-refractivity contribution in [3.63, 3.8) is 0 Å². The van der Waals surface area contributed by atoms with E-state index in [-0.39, 0.29) is 4.90 Å². The molecule has 0 saturated heterocycles. The minimum Gasteiger partial charge on any atom is -0.366 e. The third-order valence-corrected chi connectivity index (χ3v) is 4.98. The molecule has 0 atom stereocenters. The molecule has 0 radical (unpaired) electrons. The van der Waals surface area contributed by atoms with Crippen molar-refractivity contribution in [3.05, 3.63) is 58.7 Å². The van der Waals surface area contributed by atoms with Crippen molar-refractivity contribution >= 4 is 21.6 Å². The van der Waals surface area contributed by atoms with Crippen molar-refractivity contribution in [2.75, 3.05) is 4.72 Å². The lowest BCUT2D eigenvalue weighted by atomic mass is 10.1. The minimum atomic E-state index is -3.73. The molecule has 0 fully saturated rings. The summed E-state index contributed by atoms with van der Waals surface area (Å²) in [7, 11) is -3.73. The third-order valence-electron chi connectivity index (χ3n) is 3.48. The quantitative estimate of drug-likeness (QED) is 0.907. The second kappa shape index (κ2) is 5.81. The number of nitrogens with two attached hydrogens (primary N) is 1. The van der Waals surface area contributed by atoms with Crippen molar-refractivity contribution in [2.24, 2.45) is 5.73 Å². The van der Waals surface area contributed by atoms with Crippen molar-refractivity contribution in [2.45, 2.75) is 25.7 Å². The van der Waals surface area contributed by atoms with Gasteiger partial charge in [-0.1, -0.05) is 18.2 Å². The third kappa shape index (κ3) is 3.12. The molecule has 2 aromatic rings. The molecule has 0 aromatic heterocycles. The Bertz CT molecular complexity index is 842. The highest BCUT2D eigenvalue weighted by atomic mass is 32.2. The lowest BCUT2D eigenvalue weighted by molar-refractivity contribution is 0.0999. The van der Waals surface area contributed by atoms with Crippen LogP contribution >= 0.6 is 0 Å². The van der Waals surface area contributed by atoms with Gasteiger partial charge in [-0.05, 0) is 55.7 Å². The van der Waals surface area contributed by atoms with Gasteiger partial charge in [-0.25, -0.2) is 8.42 Å². The molecule has 2 rings (SSSR count). The van der Waals surface area contributed by atoms with Crippen LogP contribution < -0.4 is 10.5 Å². The Morgan fingerprint density at radius 3 is 2.41 bits per heavy atom. The van der Waals surface area contributed by atoms with Crippen LogP contribution in [0.15, 0.2) is 41.3 Å². The van der Waals surface area contributed by atoms with Gasteiger partial charge in [-0.15, -0.1) is 0 Å². The molecule has 0 bridgehead atoms. The lowest BCUT2D eigenvalue weighted by Gasteiger charge is -2.14. The van der Waals surface area contributed by atoms with Crippen molar-refractivity contribution in [1.29, 1.82) is 0 Å². The Labute approximate surface area is 130 Å². The van der Waals surface area contributed by atoms with E-state index >= 15 is 0 Å². The molecule has 116 valence electrons. The van der Waals surface area contributed by atoms with E-state index in [9.17, 15) is 13.2 Å². The topological polar surface area (TPSA) is 89.3 Å². The first-order chi connectivity index (χ1) is 10.2. The van der Waals surface area contributed by atoms with Crippen LogP contribution in [0.2, 0.25) is 0 Å². The summed E-state index contributed by atoms with van der Waals surface area (Å²) in [4.78, 5) is 11.6. The molecule has 22 heavy (non-hydrogen) atoms. The molecular formula is C16H18N2O3S. The van der Waals surface area contributed by atoms with Gasteiger partial charge in [0, 0.05) is 5.56 Å². The maximum Gasteiger partial charge on any atom is 0.262 e. The summed E-state index contributed by atoms with van der Waals surface area (Å²) in [6, 6.07) is 9.99. The van der Waals surface area contributed by atoms with E-state index < -0.39 is 15.9 Å². The van der Waals surface area contributed by atoms with Gasteiger partial charge in [-0.2, -0.15) is 0 Å². The number of hydrogen-bond acceptors (Lipinski definition) is 3. The maximum atomic E-state index is 12.6. The SMILES string of the molecule is Cc1ccc(C)c(S(=O)(=O)Nc2cccc(C(N)=O)c2C)c1. The number of benzene rings is 2. The molecule has 0 aliphatic heterocycles. The van der Waals surface area contributed by atoms with Crippen molar-refractivity contribution in [1.82, 2.24) is 0 Å². The molecule has 0 saturated carbocycles. The number of nitrogens with one attached hydrogen (secondary N) is 1. The van der Waals surface area contributed by atoms with Gasteiger partial charge >= 0.3 is 0 Å². The molecule has 0 aliphatic carbocycles. The van der Waals surface area contributed by atoms with E-state index in [1.807, 2.05) is 13.0 Å². The predicted octanol–water partition coefficient (Wildman–Crippen LogP) is 2.51. The number of sulfonamides is 1. The second-order valence-electron chi connectivity index (χ2n) is 5.22. The van der Waals surface area contributed by atoms with E-state index in [1.54, 1.807) is 44.2 Å². The number of aryl methyl sites for hydroxylation is 2. The molecule has 0 unspecified atom stereocenters. The summed E-state index contributed by atoms with van der Waals surface area (Å²) in [5.41, 5.74) is 7.94. The number of anilines is 1. The Balaban J connectivity index is 2.48. The van der Waals surface area contributed by atoms with E-state index in [2.05, 4.69) is 4.72 Å². The standard InChI is InChI=1S/C16H18N2O3S/c1-10-7-8-11(2)15(9-10)22(20,21)18-14-6-4-5-13(12(14)3)16(17)19/h4-9,18H,1-3H3,(H2,17,19). The molecule has 3 N–H and O–H groups in total. The number of primary amides is 1. The van der Waals surface area contributed by atoms with E-state index in [0.717, 1.165) is 5.56 Å². The summed E-state index contributed by atoms with van der Waals surface area (Å²) in [5, 5.41) is 0. The van der Waals surface area contributed by atoms with Crippen LogP contribution in [-0.2, 0) is 10.0 Å². The van der Waals surface area contributed by atoms with Crippen molar-refractivity contribution in [3.8, 4) is 0 Å². The first-order valence-electron chi connectivity index (χ1n) is 6.72. The predicted molar refractivity (Wildman–Crippen MR) is 86.4 cm³/mol. The van der Waals surface area contributed by atoms with Crippen LogP contribution in [0.5, 0.6) is 0 Å². The summed E-state index contributed by atoms with van der Waals surface area (Å²) in [5.74, 6) is -0.592. The normalized spacial score (nSPS) is 11.2. The van der Waals surface area contributed by atoms with Crippen LogP contribution in [0.1, 0.15) is 27.0 Å². The van der Waals surface area contributed by atoms with Crippen LogP contribution in [0.4, 0.5) is 5.69 Å². The minimum absolute atomic E-state index is 0.219. The molecule has 5 nitrogen and oxygen atoms in total. The fourth-order valence-corrected chi connectivity index (χ4v) is 3.66. The average Bonchev–Trinajstić information content (AvgIpc) is 2.43. The highest BCUT2D eigenvalue weighted by molar-refractivity contribution is 7.92. The van der Waals surface area contributed by atoms with Crippen LogP contribution in [0, 0.1) is 20.8 Å². The fourth-order valence-electron chi connectivity index (χ4n) is 2.21. The van der Waals surface area contributed by atoms with Gasteiger partial charge in [0.2, 0.25) is 5.91 Å². The highest BCUT2D eigenvalue weighted by Crippen LogP contribution is 2.24. The van der Waals surface area contributed by atoms with Crippen LogP contribution in [0.25, 0.3) is 0 Å². The first kappa shape index (κ1) is 16.0. The van der Waals surface area contributed by atoms with Gasteiger partial charge < -0.3 is 5.73 Å². The van der Waals surface area contributed by atoms with Gasteiger partial charge in [0.05, 0.1) is 10.6 Å². The van der Waals surface area contributed by atoms with Gasteiger partial charge in [0.25, 0.3) is 10.0 Å². The van der Waals surface area contributed by atoms with Crippen molar-refractivity contribution < 1.29 is 13.2 Å². The van der Waals surface area contributed by atoms with Gasteiger partial charge in [0.1, 0.15) is 0 Å². The maximum absolute atomic E-state index is 12.6. The van der Waals surface area contributed by atoms with E-state index in [0.29, 0.717) is 22.4 Å². The zero-order valence-corrected chi connectivity index (χ0v) is 13.5. The largest absolute Gasteiger partial charge is 0.366 e. The first-order valence-corrected chi connectivity index (χ1v) is 8.20. The monoisotopic (exact) mass is 318 g/mol. The molecule has 0 heterocycles. The zero-order chi connectivity index (χ0) is 16.5. The fraction of sp³-hybridized carbons (Fsp3) is 0.188. The number of carbonyl (C=O) groups excluding carboxylic acids is 1. The summed E-state index contributed by atoms with van der Waals surface area (Å²) < 4.78 is 27.7. The Morgan fingerprint density at radius 2 is 1.77 bits per heavy atom. The van der Waals surface area contributed by atoms with Gasteiger partial charge in [-0.3, -0.25) is 9.52 Å². The second-order valence-corrected chi connectivity index (χ2v) is 6.87. The summed E-state index contributed by atoms with van der Waals surface area (Å²) in [6.07, 6.45) is 0. The number of carbonyl (C=O) groups is 1.